The lowest BCUT2D eigenvalue weighted by molar-refractivity contribution is 0.0311. The van der Waals surface area contributed by atoms with Crippen molar-refractivity contribution in [3.8, 4) is 0 Å². The highest BCUT2D eigenvalue weighted by molar-refractivity contribution is 7.87. The second-order valence-corrected chi connectivity index (χ2v) is 6.26. The van der Waals surface area contributed by atoms with Crippen LogP contribution in [0.4, 0.5) is 0 Å². The second-order valence-electron chi connectivity index (χ2n) is 4.50. The summed E-state index contributed by atoms with van der Waals surface area (Å²) < 4.78 is 32.7. The first-order valence-electron chi connectivity index (χ1n) is 5.77. The molecule has 8 heteroatoms. The maximum atomic E-state index is 11.9. The van der Waals surface area contributed by atoms with Crippen molar-refractivity contribution in [3.63, 3.8) is 0 Å². The predicted octanol–water partition coefficient (Wildman–Crippen LogP) is -2.12. The number of aliphatic hydroxyl groups is 1. The van der Waals surface area contributed by atoms with E-state index in [1.54, 1.807) is 0 Å². The molecule has 1 unspecified atom stereocenters. The molecule has 0 aliphatic carbocycles. The predicted molar refractivity (Wildman–Crippen MR) is 61.8 cm³/mol. The van der Waals surface area contributed by atoms with Gasteiger partial charge in [-0.25, -0.2) is 0 Å². The van der Waals surface area contributed by atoms with Gasteiger partial charge in [0.05, 0.1) is 6.61 Å². The van der Waals surface area contributed by atoms with Gasteiger partial charge in [0, 0.05) is 45.8 Å². The maximum Gasteiger partial charge on any atom is 0.279 e. The van der Waals surface area contributed by atoms with E-state index in [2.05, 4.69) is 10.0 Å². The summed E-state index contributed by atoms with van der Waals surface area (Å²) in [5, 5.41) is 13.1. The molecule has 1 atom stereocenters. The summed E-state index contributed by atoms with van der Waals surface area (Å²) in [6.07, 6.45) is 0.469. The highest BCUT2D eigenvalue weighted by Gasteiger charge is 2.34. The topological polar surface area (TPSA) is 90.9 Å². The maximum absolute atomic E-state index is 11.9. The Kier molecular flexibility index (Phi) is 4.01. The zero-order valence-electron chi connectivity index (χ0n) is 9.68. The van der Waals surface area contributed by atoms with Crippen LogP contribution < -0.4 is 10.0 Å². The van der Waals surface area contributed by atoms with Crippen molar-refractivity contribution >= 4 is 10.2 Å². The van der Waals surface area contributed by atoms with Crippen LogP contribution in [0.5, 0.6) is 0 Å². The molecule has 100 valence electrons. The van der Waals surface area contributed by atoms with Gasteiger partial charge in [0.1, 0.15) is 5.60 Å². The molecular formula is C9H19N3O4S. The molecule has 17 heavy (non-hydrogen) atoms. The van der Waals surface area contributed by atoms with Crippen molar-refractivity contribution in [2.75, 3.05) is 45.9 Å². The number of hydrogen-bond acceptors (Lipinski definition) is 5. The van der Waals surface area contributed by atoms with Crippen LogP contribution in [0.15, 0.2) is 0 Å². The lowest BCUT2D eigenvalue weighted by atomic mass is 10.1. The lowest BCUT2D eigenvalue weighted by Gasteiger charge is -2.28. The van der Waals surface area contributed by atoms with E-state index in [-0.39, 0.29) is 13.2 Å². The minimum atomic E-state index is -3.48. The summed E-state index contributed by atoms with van der Waals surface area (Å²) in [4.78, 5) is 0. The third kappa shape index (κ3) is 3.36. The van der Waals surface area contributed by atoms with E-state index in [1.165, 1.54) is 4.31 Å². The Balaban J connectivity index is 1.88. The summed E-state index contributed by atoms with van der Waals surface area (Å²) >= 11 is 0. The Hall–Kier alpha value is -0.250. The molecule has 0 radical (unpaired) electrons. The van der Waals surface area contributed by atoms with Crippen molar-refractivity contribution < 1.29 is 18.3 Å². The lowest BCUT2D eigenvalue weighted by Crippen LogP contribution is -2.53. The molecule has 0 spiro atoms. The standard InChI is InChI=1S/C9H19N3O4S/c13-9(1-6-16-8-9)7-11-17(14,15)12-4-2-10-3-5-12/h10-11,13H,1-8H2. The summed E-state index contributed by atoms with van der Waals surface area (Å²) in [6, 6.07) is 0. The molecule has 2 rings (SSSR count). The molecule has 7 nitrogen and oxygen atoms in total. The number of hydrogen-bond donors (Lipinski definition) is 3. The molecule has 0 saturated carbocycles. The Morgan fingerprint density at radius 3 is 2.71 bits per heavy atom. The van der Waals surface area contributed by atoms with Crippen molar-refractivity contribution in [3.05, 3.63) is 0 Å². The summed E-state index contributed by atoms with van der Waals surface area (Å²) in [5.74, 6) is 0. The highest BCUT2D eigenvalue weighted by Crippen LogP contribution is 2.17. The van der Waals surface area contributed by atoms with Gasteiger partial charge in [0.15, 0.2) is 0 Å². The van der Waals surface area contributed by atoms with E-state index in [1.807, 2.05) is 0 Å². The fourth-order valence-electron chi connectivity index (χ4n) is 1.94. The molecular weight excluding hydrogens is 246 g/mol. The van der Waals surface area contributed by atoms with Gasteiger partial charge < -0.3 is 15.2 Å². The average molecular weight is 265 g/mol. The van der Waals surface area contributed by atoms with Crippen LogP contribution in [-0.4, -0.2) is 69.4 Å². The number of rotatable bonds is 4. The molecule has 0 bridgehead atoms. The van der Waals surface area contributed by atoms with E-state index < -0.39 is 15.8 Å². The van der Waals surface area contributed by atoms with E-state index in [0.29, 0.717) is 39.2 Å². The molecule has 2 heterocycles. The average Bonchev–Trinajstić information content (AvgIpc) is 2.76. The van der Waals surface area contributed by atoms with Crippen LogP contribution in [0.25, 0.3) is 0 Å². The van der Waals surface area contributed by atoms with Crippen LogP contribution in [0.2, 0.25) is 0 Å². The normalized spacial score (nSPS) is 31.8. The Bertz CT molecular complexity index is 347. The van der Waals surface area contributed by atoms with Gasteiger partial charge in [-0.3, -0.25) is 0 Å². The molecule has 0 aromatic rings. The molecule has 2 aliphatic rings. The fraction of sp³-hybridized carbons (Fsp3) is 1.00. The van der Waals surface area contributed by atoms with Gasteiger partial charge in [-0.2, -0.15) is 17.4 Å². The third-order valence-electron chi connectivity index (χ3n) is 3.08. The van der Waals surface area contributed by atoms with Gasteiger partial charge in [-0.1, -0.05) is 0 Å². The van der Waals surface area contributed by atoms with Crippen LogP contribution in [0.1, 0.15) is 6.42 Å². The van der Waals surface area contributed by atoms with Crippen molar-refractivity contribution in [1.29, 1.82) is 0 Å². The quantitative estimate of drug-likeness (QED) is 0.540. The zero-order chi connectivity index (χ0) is 12.4. The first-order valence-corrected chi connectivity index (χ1v) is 7.21. The van der Waals surface area contributed by atoms with Gasteiger partial charge >= 0.3 is 0 Å². The number of piperazine rings is 1. The Labute approximate surface area is 101 Å². The highest BCUT2D eigenvalue weighted by atomic mass is 32.2. The minimum absolute atomic E-state index is 0.0132. The van der Waals surface area contributed by atoms with Crippen molar-refractivity contribution in [2.45, 2.75) is 12.0 Å². The monoisotopic (exact) mass is 265 g/mol. The van der Waals surface area contributed by atoms with Crippen LogP contribution in [-0.2, 0) is 14.9 Å². The van der Waals surface area contributed by atoms with E-state index in [9.17, 15) is 13.5 Å². The van der Waals surface area contributed by atoms with Gasteiger partial charge in [0.2, 0.25) is 0 Å². The van der Waals surface area contributed by atoms with Crippen LogP contribution >= 0.6 is 0 Å². The molecule has 0 aromatic heterocycles. The Morgan fingerprint density at radius 1 is 1.41 bits per heavy atom. The summed E-state index contributed by atoms with van der Waals surface area (Å²) in [7, 11) is -3.48. The summed E-state index contributed by atoms with van der Waals surface area (Å²) in [6.45, 7) is 2.93. The molecule has 2 aliphatic heterocycles. The minimum Gasteiger partial charge on any atom is -0.386 e. The molecule has 2 fully saturated rings. The zero-order valence-corrected chi connectivity index (χ0v) is 10.5. The van der Waals surface area contributed by atoms with Gasteiger partial charge in [0.25, 0.3) is 10.2 Å². The van der Waals surface area contributed by atoms with E-state index in [0.717, 1.165) is 0 Å². The largest absolute Gasteiger partial charge is 0.386 e. The molecule has 0 aromatic carbocycles. The fourth-order valence-corrected chi connectivity index (χ4v) is 3.23. The third-order valence-corrected chi connectivity index (χ3v) is 4.64. The van der Waals surface area contributed by atoms with Gasteiger partial charge in [-0.15, -0.1) is 0 Å². The second kappa shape index (κ2) is 5.17. The first-order chi connectivity index (χ1) is 8.02. The van der Waals surface area contributed by atoms with E-state index >= 15 is 0 Å². The molecule has 0 amide bonds. The summed E-state index contributed by atoms with van der Waals surface area (Å²) in [5.41, 5.74) is -1.05. The first kappa shape index (κ1) is 13.2. The van der Waals surface area contributed by atoms with Crippen molar-refractivity contribution in [2.24, 2.45) is 0 Å². The molecule has 3 N–H and O–H groups in total. The van der Waals surface area contributed by atoms with E-state index in [4.69, 9.17) is 4.74 Å². The van der Waals surface area contributed by atoms with Crippen LogP contribution in [0, 0.1) is 0 Å². The van der Waals surface area contributed by atoms with Crippen LogP contribution in [0.3, 0.4) is 0 Å². The van der Waals surface area contributed by atoms with Gasteiger partial charge in [-0.05, 0) is 0 Å². The number of nitrogens with one attached hydrogen (secondary N) is 2. The van der Waals surface area contributed by atoms with Crippen molar-refractivity contribution in [1.82, 2.24) is 14.3 Å². The SMILES string of the molecule is O=S(=O)(NCC1(O)CCOC1)N1CCNCC1. The number of ether oxygens (including phenoxy) is 1. The Morgan fingerprint density at radius 2 is 2.12 bits per heavy atom. The molecule has 2 saturated heterocycles. The number of nitrogens with zero attached hydrogens (tertiary/aromatic N) is 1. The smallest absolute Gasteiger partial charge is 0.279 e.